The van der Waals surface area contributed by atoms with Crippen LogP contribution in [0.1, 0.15) is 0 Å². The minimum absolute atomic E-state index is 0. The van der Waals surface area contributed by atoms with E-state index in [-0.39, 0.29) is 34.6 Å². The van der Waals surface area contributed by atoms with Crippen LogP contribution in [0.5, 0.6) is 17.2 Å². The van der Waals surface area contributed by atoms with Gasteiger partial charge in [-0.3, -0.25) is 15.0 Å². The van der Waals surface area contributed by atoms with Crippen LogP contribution in [0, 0.1) is 0 Å². The molecule has 0 unspecified atom stereocenters. The summed E-state index contributed by atoms with van der Waals surface area (Å²) in [5.74, 6) is 0.538. The number of pyridine rings is 3. The van der Waals surface area contributed by atoms with Crippen LogP contribution in [0.2, 0.25) is 0 Å². The highest BCUT2D eigenvalue weighted by Crippen LogP contribution is 2.38. The number of benzene rings is 3. The molecule has 40 heavy (non-hydrogen) atoms. The summed E-state index contributed by atoms with van der Waals surface area (Å²) in [5, 5.41) is 31.7. The van der Waals surface area contributed by atoms with Gasteiger partial charge in [-0.15, -0.1) is 0 Å². The van der Waals surface area contributed by atoms with Gasteiger partial charge in [0.05, 0.1) is 13.4 Å². The highest BCUT2D eigenvalue weighted by Gasteiger charge is 2.10. The molecule has 0 radical (unpaired) electrons. The molecule has 3 heterocycles. The first kappa shape index (κ1) is 33.2. The van der Waals surface area contributed by atoms with Crippen molar-refractivity contribution in [1.82, 2.24) is 15.0 Å². The van der Waals surface area contributed by atoms with E-state index in [4.69, 9.17) is 0 Å². The van der Waals surface area contributed by atoms with Crippen molar-refractivity contribution in [1.29, 1.82) is 0 Å². The molecule has 204 valence electrons. The zero-order valence-corrected chi connectivity index (χ0v) is 28.9. The van der Waals surface area contributed by atoms with E-state index in [1.54, 1.807) is 36.8 Å². The Hall–Kier alpha value is -1.30. The molecule has 6 rings (SSSR count). The summed E-state index contributed by atoms with van der Waals surface area (Å²) in [4.78, 5) is 12.3. The zero-order chi connectivity index (χ0) is 28.3. The van der Waals surface area contributed by atoms with Crippen molar-refractivity contribution in [2.45, 2.75) is 0 Å². The Labute approximate surface area is 290 Å². The van der Waals surface area contributed by atoms with Crippen LogP contribution in [0.4, 0.5) is 0 Å². The Morgan fingerprint density at radius 1 is 0.425 bits per heavy atom. The van der Waals surface area contributed by atoms with Crippen LogP contribution in [0.15, 0.2) is 100 Å². The van der Waals surface area contributed by atoms with Crippen LogP contribution in [-0.2, 0) is 0 Å². The monoisotopic (exact) mass is 933 g/mol. The minimum Gasteiger partial charge on any atom is -0.505 e. The molecule has 0 fully saturated rings. The number of aromatic hydroxyl groups is 3. The number of hydrogen-bond donors (Lipinski definition) is 3. The molecule has 0 aliphatic rings. The van der Waals surface area contributed by atoms with Gasteiger partial charge in [-0.25, -0.2) is 0 Å². The van der Waals surface area contributed by atoms with Crippen LogP contribution in [-0.4, -0.2) is 47.6 Å². The molecule has 0 saturated carbocycles. The molecule has 3 N–H and O–H groups in total. The average molecular weight is 939 g/mol. The third-order valence-electron chi connectivity index (χ3n) is 5.31. The van der Waals surface area contributed by atoms with Gasteiger partial charge in [-0.05, 0) is 84.2 Å². The molecule has 0 aliphatic heterocycles. The average Bonchev–Trinajstić information content (AvgIpc) is 2.94. The van der Waals surface area contributed by atoms with Gasteiger partial charge in [0.25, 0.3) is 0 Å². The lowest BCUT2D eigenvalue weighted by Crippen LogP contribution is -1.81. The van der Waals surface area contributed by atoms with Gasteiger partial charge >= 0.3 is 0 Å². The number of rotatable bonds is 0. The molecular weight excluding hydrogens is 921 g/mol. The summed E-state index contributed by atoms with van der Waals surface area (Å²) < 4.78 is 4.68. The van der Waals surface area contributed by atoms with E-state index in [0.29, 0.717) is 30.0 Å². The Morgan fingerprint density at radius 3 is 0.925 bits per heavy atom. The van der Waals surface area contributed by atoms with E-state index >= 15 is 0 Å². The molecule has 6 aromatic rings. The normalized spacial score (nSPS) is 10.3. The first-order valence-corrected chi connectivity index (χ1v) is 15.6. The standard InChI is InChI=1S/3C9H5Br2NO.Al.3H/c3*10-6-4-7(11)9(13)8-5(6)2-1-3-12-8;;;;/h3*1-4,13H;;;;. The second-order valence-corrected chi connectivity index (χ2v) is 12.9. The van der Waals surface area contributed by atoms with E-state index in [9.17, 15) is 15.3 Å². The Morgan fingerprint density at radius 2 is 0.675 bits per heavy atom. The Balaban J connectivity index is 0.000000163. The Bertz CT molecular complexity index is 1630. The van der Waals surface area contributed by atoms with Gasteiger partial charge in [0.15, 0.2) is 34.6 Å². The number of phenolic OH excluding ortho intramolecular Hbond substituents is 3. The summed E-state index contributed by atoms with van der Waals surface area (Å²) >= 11 is 19.9. The van der Waals surface area contributed by atoms with Gasteiger partial charge in [0, 0.05) is 48.2 Å². The molecule has 0 spiro atoms. The predicted octanol–water partition coefficient (Wildman–Crippen LogP) is 9.21. The maximum absolute atomic E-state index is 9.65. The lowest BCUT2D eigenvalue weighted by molar-refractivity contribution is 0.476. The van der Waals surface area contributed by atoms with Crippen molar-refractivity contribution < 1.29 is 15.3 Å². The van der Waals surface area contributed by atoms with Gasteiger partial charge in [-0.1, -0.05) is 66.0 Å². The van der Waals surface area contributed by atoms with Crippen LogP contribution in [0.25, 0.3) is 32.7 Å². The lowest BCUT2D eigenvalue weighted by atomic mass is 10.2. The minimum atomic E-state index is 0. The maximum atomic E-state index is 9.65. The maximum Gasteiger partial charge on any atom is 0.187 e. The fourth-order valence-corrected chi connectivity index (χ4v) is 7.29. The first-order chi connectivity index (χ1) is 18.6. The molecular formula is C27H18AlBr6N3O3. The van der Waals surface area contributed by atoms with Gasteiger partial charge < -0.3 is 15.3 Å². The fraction of sp³-hybridized carbons (Fsp3) is 0. The smallest absolute Gasteiger partial charge is 0.187 e. The molecule has 3 aromatic carbocycles. The first-order valence-electron chi connectivity index (χ1n) is 10.8. The van der Waals surface area contributed by atoms with E-state index in [2.05, 4.69) is 111 Å². The summed E-state index contributed by atoms with van der Waals surface area (Å²) in [7, 11) is 0. The molecule has 0 aliphatic carbocycles. The second-order valence-electron chi connectivity index (χ2n) is 7.77. The largest absolute Gasteiger partial charge is 0.505 e. The number of hydrogen-bond acceptors (Lipinski definition) is 6. The predicted molar refractivity (Wildman–Crippen MR) is 186 cm³/mol. The third-order valence-corrected chi connectivity index (χ3v) is 9.09. The number of nitrogens with zero attached hydrogens (tertiary/aromatic N) is 3. The van der Waals surface area contributed by atoms with Crippen molar-refractivity contribution in [2.24, 2.45) is 0 Å². The van der Waals surface area contributed by atoms with Crippen molar-refractivity contribution in [3.8, 4) is 17.2 Å². The van der Waals surface area contributed by atoms with E-state index in [1.165, 1.54) is 0 Å². The summed E-state index contributed by atoms with van der Waals surface area (Å²) in [6, 6.07) is 16.6. The second kappa shape index (κ2) is 14.7. The van der Waals surface area contributed by atoms with Gasteiger partial charge in [0.1, 0.15) is 16.6 Å². The summed E-state index contributed by atoms with van der Waals surface area (Å²) in [6.45, 7) is 0. The zero-order valence-electron chi connectivity index (χ0n) is 19.4. The van der Waals surface area contributed by atoms with Crippen LogP contribution < -0.4 is 0 Å². The highest BCUT2D eigenvalue weighted by molar-refractivity contribution is 9.11. The van der Waals surface area contributed by atoms with Gasteiger partial charge in [0.2, 0.25) is 0 Å². The molecule has 0 bridgehead atoms. The number of phenols is 3. The molecule has 0 saturated heterocycles. The summed E-state index contributed by atoms with van der Waals surface area (Å²) in [5.41, 5.74) is 1.80. The number of fused-ring (bicyclic) bond motifs is 3. The number of halogens is 6. The lowest BCUT2D eigenvalue weighted by Gasteiger charge is -2.03. The third kappa shape index (κ3) is 7.36. The van der Waals surface area contributed by atoms with Crippen molar-refractivity contribution in [3.63, 3.8) is 0 Å². The highest BCUT2D eigenvalue weighted by atomic mass is 79.9. The summed E-state index contributed by atoms with van der Waals surface area (Å²) in [6.07, 6.45) is 4.96. The Kier molecular flexibility index (Phi) is 12.2. The van der Waals surface area contributed by atoms with Crippen molar-refractivity contribution in [3.05, 3.63) is 100 Å². The van der Waals surface area contributed by atoms with Crippen LogP contribution >= 0.6 is 95.6 Å². The van der Waals surface area contributed by atoms with Crippen LogP contribution in [0.3, 0.4) is 0 Å². The van der Waals surface area contributed by atoms with E-state index in [1.807, 2.05) is 36.4 Å². The molecule has 0 atom stereocenters. The number of aromatic nitrogens is 3. The van der Waals surface area contributed by atoms with E-state index in [0.717, 1.165) is 29.6 Å². The molecule has 6 nitrogen and oxygen atoms in total. The van der Waals surface area contributed by atoms with Gasteiger partial charge in [-0.2, -0.15) is 0 Å². The molecule has 3 aromatic heterocycles. The topological polar surface area (TPSA) is 99.4 Å². The van der Waals surface area contributed by atoms with E-state index < -0.39 is 0 Å². The fourth-order valence-electron chi connectivity index (χ4n) is 3.47. The van der Waals surface area contributed by atoms with Crippen molar-refractivity contribution >= 4 is 146 Å². The molecule has 0 amide bonds. The SMILES string of the molecule is Oc1c(Br)cc(Br)c2cccnc12.Oc1c(Br)cc(Br)c2cccnc12.Oc1c(Br)cc(Br)c2cccnc12.[AlH3]. The van der Waals surface area contributed by atoms with Crippen molar-refractivity contribution in [2.75, 3.05) is 0 Å². The molecule has 13 heteroatoms. The quantitative estimate of drug-likeness (QED) is 0.132.